The van der Waals surface area contributed by atoms with Crippen LogP contribution in [0.25, 0.3) is 0 Å². The summed E-state index contributed by atoms with van der Waals surface area (Å²) < 4.78 is 39.2. The van der Waals surface area contributed by atoms with E-state index in [4.69, 9.17) is 11.6 Å². The summed E-state index contributed by atoms with van der Waals surface area (Å²) in [4.78, 5) is 3.83. The average Bonchev–Trinajstić information content (AvgIpc) is 2.41. The van der Waals surface area contributed by atoms with E-state index >= 15 is 0 Å². The zero-order valence-electron chi connectivity index (χ0n) is 11.3. The molecule has 0 unspecified atom stereocenters. The number of rotatable bonds is 6. The first-order valence-electron chi connectivity index (χ1n) is 6.30. The summed E-state index contributed by atoms with van der Waals surface area (Å²) in [7, 11) is 0. The van der Waals surface area contributed by atoms with E-state index in [0.29, 0.717) is 16.9 Å². The summed E-state index contributed by atoms with van der Waals surface area (Å²) in [5.41, 5.74) is -0.998. The van der Waals surface area contributed by atoms with Crippen LogP contribution in [-0.4, -0.2) is 17.4 Å². The third kappa shape index (κ3) is 4.25. The summed E-state index contributed by atoms with van der Waals surface area (Å²) in [6.07, 6.45) is -1.52. The molecule has 0 aliphatic heterocycles. The first-order valence-corrected chi connectivity index (χ1v) is 7.63. The van der Waals surface area contributed by atoms with Gasteiger partial charge in [0.05, 0.1) is 5.56 Å². The molecule has 0 spiro atoms. The molecule has 2 nitrogen and oxygen atoms in total. The Kier molecular flexibility index (Phi) is 6.13. The minimum absolute atomic E-state index is 0.155. The zero-order valence-corrected chi connectivity index (χ0v) is 13.7. The summed E-state index contributed by atoms with van der Waals surface area (Å²) in [5, 5.41) is 2.80. The molecule has 1 heterocycles. The molecule has 0 aromatic carbocycles. The van der Waals surface area contributed by atoms with Crippen molar-refractivity contribution >= 4 is 33.3 Å². The predicted molar refractivity (Wildman–Crippen MR) is 79.2 cm³/mol. The van der Waals surface area contributed by atoms with Crippen molar-refractivity contribution in [2.45, 2.75) is 32.9 Å². The van der Waals surface area contributed by atoms with Gasteiger partial charge in [0.25, 0.3) is 0 Å². The summed E-state index contributed by atoms with van der Waals surface area (Å²) in [5.74, 6) is 0.238. The highest BCUT2D eigenvalue weighted by molar-refractivity contribution is 9.10. The van der Waals surface area contributed by atoms with Gasteiger partial charge in [0.15, 0.2) is 0 Å². The van der Waals surface area contributed by atoms with Crippen molar-refractivity contribution in [2.75, 3.05) is 17.7 Å². The van der Waals surface area contributed by atoms with Crippen molar-refractivity contribution in [3.05, 3.63) is 22.3 Å². The standard InChI is InChI=1S/C13H17BrClF3N2/c1-3-12(4-2,7-15)8-20-11-10(13(16,17)18)5-9(14)6-19-11/h5-6H,3-4,7-8H2,1-2H3,(H,19,20). The fraction of sp³-hybridized carbons (Fsp3) is 0.615. The van der Waals surface area contributed by atoms with E-state index in [1.54, 1.807) is 0 Å². The van der Waals surface area contributed by atoms with Crippen LogP contribution in [0.15, 0.2) is 16.7 Å². The maximum Gasteiger partial charge on any atom is 0.419 e. The van der Waals surface area contributed by atoms with Gasteiger partial charge in [-0.15, -0.1) is 11.6 Å². The highest BCUT2D eigenvalue weighted by Crippen LogP contribution is 2.36. The van der Waals surface area contributed by atoms with Gasteiger partial charge in [0, 0.05) is 28.5 Å². The number of anilines is 1. The van der Waals surface area contributed by atoms with Gasteiger partial charge < -0.3 is 5.32 Å². The number of nitrogens with zero attached hydrogens (tertiary/aromatic N) is 1. The van der Waals surface area contributed by atoms with Crippen molar-refractivity contribution in [3.63, 3.8) is 0 Å². The molecule has 0 aliphatic rings. The molecule has 1 aromatic rings. The van der Waals surface area contributed by atoms with Crippen LogP contribution in [0, 0.1) is 5.41 Å². The first kappa shape index (κ1) is 17.6. The van der Waals surface area contributed by atoms with Crippen molar-refractivity contribution in [2.24, 2.45) is 5.41 Å². The molecule has 1 rings (SSSR count). The van der Waals surface area contributed by atoms with Crippen LogP contribution < -0.4 is 5.32 Å². The van der Waals surface area contributed by atoms with E-state index in [0.717, 1.165) is 18.9 Å². The van der Waals surface area contributed by atoms with E-state index in [2.05, 4.69) is 26.2 Å². The molecule has 1 N–H and O–H groups in total. The lowest BCUT2D eigenvalue weighted by Crippen LogP contribution is -2.31. The van der Waals surface area contributed by atoms with Crippen LogP contribution in [0.3, 0.4) is 0 Å². The second-order valence-corrected chi connectivity index (χ2v) is 5.92. The van der Waals surface area contributed by atoms with E-state index in [-0.39, 0.29) is 11.2 Å². The lowest BCUT2D eigenvalue weighted by Gasteiger charge is -2.30. The molecule has 0 saturated carbocycles. The topological polar surface area (TPSA) is 24.9 Å². The molecule has 0 fully saturated rings. The Hall–Kier alpha value is -0.490. The SMILES string of the molecule is CCC(CC)(CCl)CNc1ncc(Br)cc1C(F)(F)F. The van der Waals surface area contributed by atoms with E-state index < -0.39 is 11.7 Å². The lowest BCUT2D eigenvalue weighted by atomic mass is 9.84. The third-order valence-corrected chi connectivity index (χ3v) is 4.57. The molecule has 0 aliphatic carbocycles. The van der Waals surface area contributed by atoms with Gasteiger partial charge in [-0.3, -0.25) is 0 Å². The van der Waals surface area contributed by atoms with Gasteiger partial charge in [0.1, 0.15) is 5.82 Å². The highest BCUT2D eigenvalue weighted by Gasteiger charge is 2.35. The van der Waals surface area contributed by atoms with Crippen molar-refractivity contribution in [1.29, 1.82) is 0 Å². The average molecular weight is 374 g/mol. The number of aromatic nitrogens is 1. The van der Waals surface area contributed by atoms with Crippen LogP contribution in [0.5, 0.6) is 0 Å². The van der Waals surface area contributed by atoms with Gasteiger partial charge in [-0.05, 0) is 34.8 Å². The minimum Gasteiger partial charge on any atom is -0.369 e. The maximum absolute atomic E-state index is 13.0. The Morgan fingerprint density at radius 3 is 2.35 bits per heavy atom. The van der Waals surface area contributed by atoms with Crippen molar-refractivity contribution < 1.29 is 13.2 Å². The van der Waals surface area contributed by atoms with Gasteiger partial charge >= 0.3 is 6.18 Å². The number of pyridine rings is 1. The van der Waals surface area contributed by atoms with Crippen LogP contribution in [-0.2, 0) is 6.18 Å². The fourth-order valence-corrected chi connectivity index (χ4v) is 2.61. The fourth-order valence-electron chi connectivity index (χ4n) is 1.80. The first-order chi connectivity index (χ1) is 9.28. The zero-order chi connectivity index (χ0) is 15.4. The second kappa shape index (κ2) is 6.98. The predicted octanol–water partition coefficient (Wildman–Crippen LogP) is 5.32. The van der Waals surface area contributed by atoms with Gasteiger partial charge in [-0.2, -0.15) is 13.2 Å². The highest BCUT2D eigenvalue weighted by atomic mass is 79.9. The third-order valence-electron chi connectivity index (χ3n) is 3.57. The minimum atomic E-state index is -4.44. The number of nitrogens with one attached hydrogen (secondary N) is 1. The Bertz CT molecular complexity index is 439. The lowest BCUT2D eigenvalue weighted by molar-refractivity contribution is -0.137. The molecule has 0 bridgehead atoms. The van der Waals surface area contributed by atoms with Gasteiger partial charge in [-0.25, -0.2) is 4.98 Å². The van der Waals surface area contributed by atoms with Crippen LogP contribution in [0.1, 0.15) is 32.3 Å². The molecular formula is C13H17BrClF3N2. The van der Waals surface area contributed by atoms with Crippen molar-refractivity contribution in [1.82, 2.24) is 4.98 Å². The van der Waals surface area contributed by atoms with Crippen LogP contribution >= 0.6 is 27.5 Å². The monoisotopic (exact) mass is 372 g/mol. The molecule has 20 heavy (non-hydrogen) atoms. The summed E-state index contributed by atoms with van der Waals surface area (Å²) in [6, 6.07) is 1.02. The Morgan fingerprint density at radius 2 is 1.90 bits per heavy atom. The quantitative estimate of drug-likeness (QED) is 0.683. The number of alkyl halides is 4. The normalized spacial score (nSPS) is 12.6. The van der Waals surface area contributed by atoms with Crippen molar-refractivity contribution in [3.8, 4) is 0 Å². The maximum atomic E-state index is 13.0. The molecule has 0 radical (unpaired) electrons. The van der Waals surface area contributed by atoms with E-state index in [1.165, 1.54) is 6.20 Å². The summed E-state index contributed by atoms with van der Waals surface area (Å²) in [6.45, 7) is 4.32. The molecule has 0 saturated heterocycles. The number of hydrogen-bond acceptors (Lipinski definition) is 2. The van der Waals surface area contributed by atoms with Crippen LogP contribution in [0.4, 0.5) is 19.0 Å². The van der Waals surface area contributed by atoms with Gasteiger partial charge in [-0.1, -0.05) is 13.8 Å². The van der Waals surface area contributed by atoms with E-state index in [9.17, 15) is 13.2 Å². The largest absolute Gasteiger partial charge is 0.419 e. The van der Waals surface area contributed by atoms with Gasteiger partial charge in [0.2, 0.25) is 0 Å². The summed E-state index contributed by atoms with van der Waals surface area (Å²) >= 11 is 8.96. The number of hydrogen-bond donors (Lipinski definition) is 1. The Balaban J connectivity index is 2.98. The molecule has 7 heteroatoms. The molecule has 0 atom stereocenters. The Labute approximate surface area is 130 Å². The molecule has 0 amide bonds. The molecular weight excluding hydrogens is 357 g/mol. The van der Waals surface area contributed by atoms with E-state index in [1.807, 2.05) is 13.8 Å². The second-order valence-electron chi connectivity index (χ2n) is 4.74. The Morgan fingerprint density at radius 1 is 1.30 bits per heavy atom. The number of halogens is 5. The van der Waals surface area contributed by atoms with Crippen LogP contribution in [0.2, 0.25) is 0 Å². The smallest absolute Gasteiger partial charge is 0.369 e. The molecule has 1 aromatic heterocycles. The molecule has 114 valence electrons.